The quantitative estimate of drug-likeness (QED) is 0.643. The van der Waals surface area contributed by atoms with Gasteiger partial charge in [-0.3, -0.25) is 4.99 Å². The lowest BCUT2D eigenvalue weighted by molar-refractivity contribution is 0.181. The van der Waals surface area contributed by atoms with Crippen molar-refractivity contribution < 1.29 is 9.26 Å². The third-order valence-corrected chi connectivity index (χ3v) is 4.35. The molecule has 2 atom stereocenters. The summed E-state index contributed by atoms with van der Waals surface area (Å²) in [6.45, 7) is 12.5. The molecule has 1 saturated heterocycles. The van der Waals surface area contributed by atoms with E-state index in [0.29, 0.717) is 5.92 Å². The summed E-state index contributed by atoms with van der Waals surface area (Å²) < 4.78 is 10.7. The maximum Gasteiger partial charge on any atom is 0.193 e. The van der Waals surface area contributed by atoms with Crippen molar-refractivity contribution in [1.82, 2.24) is 15.4 Å². The van der Waals surface area contributed by atoms with E-state index in [1.165, 1.54) is 5.56 Å². The van der Waals surface area contributed by atoms with Crippen LogP contribution in [0, 0.1) is 19.8 Å². The monoisotopic (exact) mass is 322 g/mol. The molecule has 1 aromatic rings. The SMILES string of the molecule is CCNC(=NCC(C)c1c(C)noc1C)N(C)CC1CCOC1. The highest BCUT2D eigenvalue weighted by Gasteiger charge is 2.20. The average Bonchev–Trinajstić information content (AvgIpc) is 3.13. The number of rotatable bonds is 6. The van der Waals surface area contributed by atoms with Crippen LogP contribution in [-0.4, -0.2) is 55.9 Å². The van der Waals surface area contributed by atoms with E-state index in [9.17, 15) is 0 Å². The molecule has 0 aromatic carbocycles. The van der Waals surface area contributed by atoms with Gasteiger partial charge in [0.15, 0.2) is 5.96 Å². The summed E-state index contributed by atoms with van der Waals surface area (Å²) in [4.78, 5) is 7.03. The molecule has 6 heteroatoms. The Morgan fingerprint density at radius 1 is 1.48 bits per heavy atom. The summed E-state index contributed by atoms with van der Waals surface area (Å²) in [5.41, 5.74) is 2.14. The molecule has 2 heterocycles. The lowest BCUT2D eigenvalue weighted by Crippen LogP contribution is -2.41. The van der Waals surface area contributed by atoms with Gasteiger partial charge in [-0.05, 0) is 27.2 Å². The van der Waals surface area contributed by atoms with Crippen LogP contribution in [0.1, 0.15) is 43.2 Å². The van der Waals surface area contributed by atoms with Crippen LogP contribution in [0.25, 0.3) is 0 Å². The molecule has 2 unspecified atom stereocenters. The van der Waals surface area contributed by atoms with Crippen molar-refractivity contribution in [2.45, 2.75) is 40.0 Å². The van der Waals surface area contributed by atoms with Gasteiger partial charge in [0, 0.05) is 50.7 Å². The Hall–Kier alpha value is -1.56. The van der Waals surface area contributed by atoms with Crippen molar-refractivity contribution in [1.29, 1.82) is 0 Å². The standard InChI is InChI=1S/C17H30N4O2/c1-6-18-17(21(5)10-15-7-8-22-11-15)19-9-12(2)16-13(3)20-23-14(16)4/h12,15H,6-11H2,1-5H3,(H,18,19). The third kappa shape index (κ3) is 4.70. The number of aryl methyl sites for hydroxylation is 2. The molecule has 1 aliphatic heterocycles. The zero-order valence-electron chi connectivity index (χ0n) is 15.1. The molecule has 0 bridgehead atoms. The van der Waals surface area contributed by atoms with Gasteiger partial charge < -0.3 is 19.5 Å². The summed E-state index contributed by atoms with van der Waals surface area (Å²) in [6, 6.07) is 0. The van der Waals surface area contributed by atoms with Gasteiger partial charge in [0.25, 0.3) is 0 Å². The zero-order valence-corrected chi connectivity index (χ0v) is 15.1. The van der Waals surface area contributed by atoms with Crippen molar-refractivity contribution in [3.8, 4) is 0 Å². The number of nitrogens with one attached hydrogen (secondary N) is 1. The fraction of sp³-hybridized carbons (Fsp3) is 0.765. The largest absolute Gasteiger partial charge is 0.381 e. The maximum absolute atomic E-state index is 5.47. The van der Waals surface area contributed by atoms with Crippen LogP contribution in [-0.2, 0) is 4.74 Å². The van der Waals surface area contributed by atoms with E-state index in [-0.39, 0.29) is 5.92 Å². The van der Waals surface area contributed by atoms with Gasteiger partial charge in [-0.25, -0.2) is 0 Å². The highest BCUT2D eigenvalue weighted by atomic mass is 16.5. The van der Waals surface area contributed by atoms with Crippen molar-refractivity contribution in [2.75, 3.05) is 39.9 Å². The second-order valence-electron chi connectivity index (χ2n) is 6.44. The molecule has 1 aliphatic rings. The van der Waals surface area contributed by atoms with Crippen LogP contribution >= 0.6 is 0 Å². The van der Waals surface area contributed by atoms with Gasteiger partial charge in [-0.15, -0.1) is 0 Å². The predicted octanol–water partition coefficient (Wildman–Crippen LogP) is 2.33. The summed E-state index contributed by atoms with van der Waals surface area (Å²) in [7, 11) is 2.10. The number of ether oxygens (including phenoxy) is 1. The summed E-state index contributed by atoms with van der Waals surface area (Å²) >= 11 is 0. The first-order chi connectivity index (χ1) is 11.0. The minimum absolute atomic E-state index is 0.290. The van der Waals surface area contributed by atoms with E-state index in [4.69, 9.17) is 14.3 Å². The van der Waals surface area contributed by atoms with Gasteiger partial charge in [0.2, 0.25) is 0 Å². The Labute approximate surface area is 139 Å². The summed E-state index contributed by atoms with van der Waals surface area (Å²) in [6.07, 6.45) is 1.14. The third-order valence-electron chi connectivity index (χ3n) is 4.35. The van der Waals surface area contributed by atoms with Gasteiger partial charge in [-0.1, -0.05) is 12.1 Å². The smallest absolute Gasteiger partial charge is 0.193 e. The lowest BCUT2D eigenvalue weighted by atomic mass is 10.00. The normalized spacial score (nSPS) is 19.9. The van der Waals surface area contributed by atoms with Crippen LogP contribution in [0.5, 0.6) is 0 Å². The van der Waals surface area contributed by atoms with Crippen LogP contribution in [0.15, 0.2) is 9.52 Å². The van der Waals surface area contributed by atoms with E-state index in [1.54, 1.807) is 0 Å². The molecule has 0 radical (unpaired) electrons. The first-order valence-corrected chi connectivity index (χ1v) is 8.52. The molecule has 0 saturated carbocycles. The summed E-state index contributed by atoms with van der Waals surface area (Å²) in [5, 5.41) is 7.42. The molecule has 1 N–H and O–H groups in total. The lowest BCUT2D eigenvalue weighted by Gasteiger charge is -2.25. The summed E-state index contributed by atoms with van der Waals surface area (Å²) in [5.74, 6) is 2.74. The average molecular weight is 322 g/mol. The molecule has 0 aliphatic carbocycles. The van der Waals surface area contributed by atoms with Crippen LogP contribution < -0.4 is 5.32 Å². The number of hydrogen-bond acceptors (Lipinski definition) is 4. The van der Waals surface area contributed by atoms with Gasteiger partial charge in [-0.2, -0.15) is 0 Å². The Bertz CT molecular complexity index is 501. The number of hydrogen-bond donors (Lipinski definition) is 1. The Morgan fingerprint density at radius 3 is 2.83 bits per heavy atom. The number of aliphatic imine (C=N–C) groups is 1. The molecule has 1 fully saturated rings. The van der Waals surface area contributed by atoms with E-state index in [1.807, 2.05) is 13.8 Å². The van der Waals surface area contributed by atoms with Crippen molar-refractivity contribution >= 4 is 5.96 Å². The molecule has 23 heavy (non-hydrogen) atoms. The van der Waals surface area contributed by atoms with Gasteiger partial charge >= 0.3 is 0 Å². The first-order valence-electron chi connectivity index (χ1n) is 8.52. The fourth-order valence-electron chi connectivity index (χ4n) is 3.18. The highest BCUT2D eigenvalue weighted by molar-refractivity contribution is 5.79. The van der Waals surface area contributed by atoms with E-state index >= 15 is 0 Å². The van der Waals surface area contributed by atoms with Crippen molar-refractivity contribution in [3.63, 3.8) is 0 Å². The number of nitrogens with zero attached hydrogens (tertiary/aromatic N) is 3. The minimum atomic E-state index is 0.290. The minimum Gasteiger partial charge on any atom is -0.381 e. The molecule has 130 valence electrons. The van der Waals surface area contributed by atoms with E-state index in [0.717, 1.165) is 56.7 Å². The Morgan fingerprint density at radius 2 is 2.26 bits per heavy atom. The second kappa shape index (κ2) is 8.34. The topological polar surface area (TPSA) is 62.9 Å². The molecular weight excluding hydrogens is 292 g/mol. The zero-order chi connectivity index (χ0) is 16.8. The molecule has 0 spiro atoms. The Kier molecular flexibility index (Phi) is 6.45. The number of aromatic nitrogens is 1. The van der Waals surface area contributed by atoms with Crippen LogP contribution in [0.4, 0.5) is 0 Å². The van der Waals surface area contributed by atoms with E-state index < -0.39 is 0 Å². The van der Waals surface area contributed by atoms with Gasteiger partial charge in [0.05, 0.1) is 12.3 Å². The predicted molar refractivity (Wildman–Crippen MR) is 91.9 cm³/mol. The maximum atomic E-state index is 5.47. The molecular formula is C17H30N4O2. The van der Waals surface area contributed by atoms with Crippen LogP contribution in [0.3, 0.4) is 0 Å². The first kappa shape index (κ1) is 17.8. The second-order valence-corrected chi connectivity index (χ2v) is 6.44. The highest BCUT2D eigenvalue weighted by Crippen LogP contribution is 2.23. The van der Waals surface area contributed by atoms with Gasteiger partial charge in [0.1, 0.15) is 5.76 Å². The fourth-order valence-corrected chi connectivity index (χ4v) is 3.18. The number of guanidine groups is 1. The van der Waals surface area contributed by atoms with E-state index in [2.05, 4.69) is 36.3 Å². The van der Waals surface area contributed by atoms with Crippen molar-refractivity contribution in [3.05, 3.63) is 17.0 Å². The molecule has 0 amide bonds. The Balaban J connectivity index is 1.99. The van der Waals surface area contributed by atoms with Crippen molar-refractivity contribution in [2.24, 2.45) is 10.9 Å². The molecule has 2 rings (SSSR count). The van der Waals surface area contributed by atoms with Crippen LogP contribution in [0.2, 0.25) is 0 Å². The molecule has 6 nitrogen and oxygen atoms in total. The molecule has 1 aromatic heterocycles.